The molecule has 0 saturated heterocycles. The molecule has 7 heteroatoms. The van der Waals surface area contributed by atoms with Crippen molar-refractivity contribution in [1.29, 1.82) is 5.26 Å². The summed E-state index contributed by atoms with van der Waals surface area (Å²) in [5.74, 6) is -0.413. The summed E-state index contributed by atoms with van der Waals surface area (Å²) in [4.78, 5) is 35.0. The summed E-state index contributed by atoms with van der Waals surface area (Å²) in [6.45, 7) is 5.65. The molecule has 3 heterocycles. The van der Waals surface area contributed by atoms with Gasteiger partial charge in [-0.2, -0.15) is 5.26 Å². The number of rotatable bonds is 4. The predicted octanol–water partition coefficient (Wildman–Crippen LogP) is 4.09. The van der Waals surface area contributed by atoms with Crippen LogP contribution < -0.4 is 14.8 Å². The molecule has 36 heavy (non-hydrogen) atoms. The number of para-hydroxylation sites is 2. The van der Waals surface area contributed by atoms with E-state index in [9.17, 15) is 14.9 Å². The van der Waals surface area contributed by atoms with Crippen molar-refractivity contribution >= 4 is 39.7 Å². The highest BCUT2D eigenvalue weighted by atomic mass is 32.1. The Morgan fingerprint density at radius 3 is 2.42 bits per heavy atom. The zero-order valence-corrected chi connectivity index (χ0v) is 20.8. The van der Waals surface area contributed by atoms with Crippen molar-refractivity contribution in [3.05, 3.63) is 114 Å². The first-order valence-electron chi connectivity index (χ1n) is 11.4. The summed E-state index contributed by atoms with van der Waals surface area (Å²) in [5.41, 5.74) is 4.83. The summed E-state index contributed by atoms with van der Waals surface area (Å²) in [7, 11) is 0. The highest BCUT2D eigenvalue weighted by molar-refractivity contribution is 7.07. The van der Waals surface area contributed by atoms with E-state index in [2.05, 4.69) is 16.0 Å². The number of nitrogens with zero attached hydrogens (tertiary/aromatic N) is 3. The zero-order chi connectivity index (χ0) is 25.4. The molecule has 5 rings (SSSR count). The Bertz CT molecular complexity index is 1850. The van der Waals surface area contributed by atoms with Gasteiger partial charge in [-0.1, -0.05) is 36.4 Å². The van der Waals surface area contributed by atoms with Gasteiger partial charge in [-0.15, -0.1) is 11.3 Å². The summed E-state index contributed by atoms with van der Waals surface area (Å²) < 4.78 is 2.26. The third-order valence-electron chi connectivity index (χ3n) is 6.16. The van der Waals surface area contributed by atoms with E-state index in [1.165, 1.54) is 4.57 Å². The number of nitriles is 1. The van der Waals surface area contributed by atoms with Crippen molar-refractivity contribution < 1.29 is 4.79 Å². The number of aromatic nitrogens is 3. The molecule has 176 valence electrons. The molecule has 0 atom stereocenters. The molecule has 0 aliphatic heterocycles. The summed E-state index contributed by atoms with van der Waals surface area (Å²) in [5, 5.41) is 11.0. The Hall–Kier alpha value is -4.54. The fraction of sp³-hybridized carbons (Fsp3) is 0.103. The minimum atomic E-state index is -0.413. The number of carbonyl (C=O) groups is 1. The molecule has 0 fully saturated rings. The molecule has 0 spiro atoms. The topological polar surface area (TPSA) is 91.5 Å². The van der Waals surface area contributed by atoms with Crippen LogP contribution in [-0.2, 0) is 0 Å². The lowest BCUT2D eigenvalue weighted by Gasteiger charge is -2.11. The van der Waals surface area contributed by atoms with Crippen LogP contribution in [0.1, 0.15) is 32.7 Å². The summed E-state index contributed by atoms with van der Waals surface area (Å²) in [6.07, 6.45) is 5.07. The smallest absolute Gasteiger partial charge is 0.273 e. The first-order chi connectivity index (χ1) is 17.4. The van der Waals surface area contributed by atoms with Gasteiger partial charge in [-0.05, 0) is 61.7 Å². The normalized spacial score (nSPS) is 12.6. The van der Waals surface area contributed by atoms with E-state index >= 15 is 0 Å². The molecular formula is C29H22N4O2S. The van der Waals surface area contributed by atoms with Gasteiger partial charge in [0, 0.05) is 29.0 Å². The average molecular weight is 491 g/mol. The van der Waals surface area contributed by atoms with E-state index in [0.29, 0.717) is 26.1 Å². The van der Waals surface area contributed by atoms with Gasteiger partial charge >= 0.3 is 0 Å². The number of hydrogen-bond donors (Lipinski definition) is 1. The average Bonchev–Trinajstić information content (AvgIpc) is 3.36. The highest BCUT2D eigenvalue weighted by Crippen LogP contribution is 2.25. The monoisotopic (exact) mass is 490 g/mol. The number of hydrogen-bond acceptors (Lipinski definition) is 5. The number of aromatic amines is 1. The molecule has 0 aliphatic rings. The number of carbonyl (C=O) groups excluding carboxylic acids is 1. The summed E-state index contributed by atoms with van der Waals surface area (Å²) in [6, 6.07) is 19.0. The Morgan fingerprint density at radius 2 is 1.72 bits per heavy atom. The van der Waals surface area contributed by atoms with Gasteiger partial charge in [-0.3, -0.25) is 19.1 Å². The first kappa shape index (κ1) is 23.2. The van der Waals surface area contributed by atoms with E-state index in [0.717, 1.165) is 38.9 Å². The fourth-order valence-electron chi connectivity index (χ4n) is 4.51. The number of aryl methyl sites for hydroxylation is 3. The van der Waals surface area contributed by atoms with Crippen LogP contribution in [0.4, 0.5) is 0 Å². The minimum Gasteiger partial charge on any atom is -0.358 e. The van der Waals surface area contributed by atoms with Crippen LogP contribution in [-0.4, -0.2) is 20.3 Å². The van der Waals surface area contributed by atoms with Crippen molar-refractivity contribution in [2.24, 2.45) is 0 Å². The van der Waals surface area contributed by atoms with Crippen molar-refractivity contribution in [3.8, 4) is 11.8 Å². The molecule has 6 nitrogen and oxygen atoms in total. The number of fused-ring (bicyclic) bond motifs is 1. The SMILES string of the molecule is Cc1cccc(C)c1-n1c(=C(C#N)C(=O)c2c(C)[nH]c3ccccc23)s/c(=C\c2ccncc2)c1=O. The van der Waals surface area contributed by atoms with Crippen LogP contribution in [0, 0.1) is 32.1 Å². The molecule has 0 radical (unpaired) electrons. The number of pyridine rings is 1. The van der Waals surface area contributed by atoms with Gasteiger partial charge in [0.05, 0.1) is 15.8 Å². The maximum atomic E-state index is 13.9. The maximum absolute atomic E-state index is 13.9. The maximum Gasteiger partial charge on any atom is 0.273 e. The lowest BCUT2D eigenvalue weighted by atomic mass is 10.0. The standard InChI is InChI=1S/C29H22N4O2S/c1-17-7-6-8-18(2)26(17)33-28(35)24(15-20-11-13-31-14-12-20)36-29(33)22(16-30)27(34)25-19(3)32-23-10-5-4-9-21(23)25/h4-15,32H,1-3H3/b24-15-,29-22?. The van der Waals surface area contributed by atoms with Crippen LogP contribution >= 0.6 is 11.3 Å². The zero-order valence-electron chi connectivity index (χ0n) is 20.0. The van der Waals surface area contributed by atoms with Gasteiger partial charge in [0.2, 0.25) is 5.78 Å². The number of ketones is 1. The lowest BCUT2D eigenvalue weighted by Crippen LogP contribution is -2.32. The van der Waals surface area contributed by atoms with Gasteiger partial charge < -0.3 is 4.98 Å². The van der Waals surface area contributed by atoms with Crippen molar-refractivity contribution in [1.82, 2.24) is 14.5 Å². The van der Waals surface area contributed by atoms with E-state index in [1.54, 1.807) is 30.6 Å². The van der Waals surface area contributed by atoms with Gasteiger partial charge in [-0.25, -0.2) is 0 Å². The van der Waals surface area contributed by atoms with Crippen LogP contribution in [0.5, 0.6) is 0 Å². The van der Waals surface area contributed by atoms with Crippen LogP contribution in [0.3, 0.4) is 0 Å². The second-order valence-electron chi connectivity index (χ2n) is 8.56. The molecule has 0 saturated carbocycles. The molecule has 1 N–H and O–H groups in total. The first-order valence-corrected chi connectivity index (χ1v) is 12.2. The number of benzene rings is 2. The molecule has 0 bridgehead atoms. The molecule has 5 aromatic rings. The van der Waals surface area contributed by atoms with Gasteiger partial charge in [0.25, 0.3) is 5.56 Å². The number of H-pyrrole nitrogens is 1. The molecule has 3 aromatic heterocycles. The number of Topliss-reactive ketones (excluding diaryl/α,β-unsaturated/α-hetero) is 1. The van der Waals surface area contributed by atoms with Crippen LogP contribution in [0.25, 0.3) is 28.2 Å². The predicted molar refractivity (Wildman–Crippen MR) is 143 cm³/mol. The van der Waals surface area contributed by atoms with E-state index in [1.807, 2.05) is 63.2 Å². The molecule has 2 aromatic carbocycles. The second kappa shape index (κ2) is 9.25. The molecular weight excluding hydrogens is 468 g/mol. The number of nitrogens with one attached hydrogen (secondary N) is 1. The van der Waals surface area contributed by atoms with Crippen molar-refractivity contribution in [3.63, 3.8) is 0 Å². The van der Waals surface area contributed by atoms with Crippen LogP contribution in [0.2, 0.25) is 0 Å². The van der Waals surface area contributed by atoms with Crippen molar-refractivity contribution in [2.45, 2.75) is 20.8 Å². The molecule has 0 unspecified atom stereocenters. The molecule has 0 aliphatic carbocycles. The van der Waals surface area contributed by atoms with E-state index in [-0.39, 0.29) is 11.1 Å². The minimum absolute atomic E-state index is 0.0676. The Kier molecular flexibility index (Phi) is 5.96. The quantitative estimate of drug-likeness (QED) is 0.384. The molecule has 0 amide bonds. The Balaban J connectivity index is 1.90. The van der Waals surface area contributed by atoms with E-state index < -0.39 is 5.78 Å². The third-order valence-corrected chi connectivity index (χ3v) is 7.26. The van der Waals surface area contributed by atoms with Crippen molar-refractivity contribution in [2.75, 3.05) is 0 Å². The largest absolute Gasteiger partial charge is 0.358 e. The van der Waals surface area contributed by atoms with Crippen LogP contribution in [0.15, 0.2) is 71.8 Å². The number of thiazole rings is 1. The Morgan fingerprint density at radius 1 is 1.03 bits per heavy atom. The fourth-order valence-corrected chi connectivity index (χ4v) is 5.60. The second-order valence-corrected chi connectivity index (χ2v) is 9.59. The highest BCUT2D eigenvalue weighted by Gasteiger charge is 2.24. The summed E-state index contributed by atoms with van der Waals surface area (Å²) >= 11 is 1.15. The van der Waals surface area contributed by atoms with Gasteiger partial charge in [0.1, 0.15) is 16.3 Å². The van der Waals surface area contributed by atoms with Gasteiger partial charge in [0.15, 0.2) is 0 Å². The third kappa shape index (κ3) is 3.88. The Labute approximate surface area is 211 Å². The lowest BCUT2D eigenvalue weighted by molar-refractivity contribution is 0.105. The van der Waals surface area contributed by atoms with E-state index in [4.69, 9.17) is 0 Å².